The predicted octanol–water partition coefficient (Wildman–Crippen LogP) is 0.537. The maximum atomic E-state index is 5.10. The predicted molar refractivity (Wildman–Crippen MR) is 111 cm³/mol. The summed E-state index contributed by atoms with van der Waals surface area (Å²) in [6.45, 7) is 13.8. The molecule has 0 saturated carbocycles. The van der Waals surface area contributed by atoms with Crippen LogP contribution in [0.15, 0.2) is 4.99 Å². The number of rotatable bonds is 13. The van der Waals surface area contributed by atoms with Crippen molar-refractivity contribution < 1.29 is 4.74 Å². The highest BCUT2D eigenvalue weighted by atomic mass is 16.5. The quantitative estimate of drug-likeness (QED) is 0.280. The Labute approximate surface area is 161 Å². The van der Waals surface area contributed by atoms with Crippen molar-refractivity contribution in [1.82, 2.24) is 25.3 Å². The average Bonchev–Trinajstić information content (AvgIpc) is 2.63. The van der Waals surface area contributed by atoms with Gasteiger partial charge in [0.05, 0.1) is 0 Å². The van der Waals surface area contributed by atoms with E-state index in [-0.39, 0.29) is 0 Å². The van der Waals surface area contributed by atoms with Gasteiger partial charge in [0.15, 0.2) is 5.96 Å². The number of piperazine rings is 1. The number of hydrogen-bond donors (Lipinski definition) is 2. The van der Waals surface area contributed by atoms with Gasteiger partial charge in [-0.3, -0.25) is 4.99 Å². The van der Waals surface area contributed by atoms with Gasteiger partial charge in [-0.25, -0.2) is 0 Å². The maximum absolute atomic E-state index is 5.10. The molecule has 0 aromatic carbocycles. The zero-order valence-corrected chi connectivity index (χ0v) is 17.6. The molecule has 1 heterocycles. The summed E-state index contributed by atoms with van der Waals surface area (Å²) < 4.78 is 5.10. The van der Waals surface area contributed by atoms with E-state index in [4.69, 9.17) is 9.73 Å². The third kappa shape index (κ3) is 11.7. The van der Waals surface area contributed by atoms with E-state index < -0.39 is 0 Å². The van der Waals surface area contributed by atoms with Crippen molar-refractivity contribution >= 4 is 5.96 Å². The number of guanidine groups is 1. The number of aliphatic imine (C=N–C) groups is 1. The lowest BCUT2D eigenvalue weighted by Crippen LogP contribution is -2.44. The molecule has 0 unspecified atom stereocenters. The Kier molecular flexibility index (Phi) is 13.5. The summed E-state index contributed by atoms with van der Waals surface area (Å²) in [5.74, 6) is 0.942. The molecular formula is C19H42N6O. The van der Waals surface area contributed by atoms with Crippen LogP contribution in [0.2, 0.25) is 0 Å². The van der Waals surface area contributed by atoms with Gasteiger partial charge in [-0.1, -0.05) is 0 Å². The Morgan fingerprint density at radius 3 is 2.54 bits per heavy atom. The van der Waals surface area contributed by atoms with E-state index in [1.165, 1.54) is 39.1 Å². The van der Waals surface area contributed by atoms with Gasteiger partial charge < -0.3 is 30.1 Å². The second kappa shape index (κ2) is 15.2. The van der Waals surface area contributed by atoms with E-state index in [0.29, 0.717) is 0 Å². The van der Waals surface area contributed by atoms with Crippen molar-refractivity contribution in [2.45, 2.75) is 26.2 Å². The molecule has 0 radical (unpaired) electrons. The van der Waals surface area contributed by atoms with Gasteiger partial charge >= 0.3 is 0 Å². The molecule has 154 valence electrons. The van der Waals surface area contributed by atoms with Gasteiger partial charge in [0.2, 0.25) is 0 Å². The second-order valence-corrected chi connectivity index (χ2v) is 7.19. The molecule has 0 amide bonds. The second-order valence-electron chi connectivity index (χ2n) is 7.19. The molecule has 26 heavy (non-hydrogen) atoms. The molecule has 0 aliphatic carbocycles. The smallest absolute Gasteiger partial charge is 0.191 e. The summed E-state index contributed by atoms with van der Waals surface area (Å²) in [4.78, 5) is 12.0. The molecule has 0 aromatic heterocycles. The van der Waals surface area contributed by atoms with Gasteiger partial charge in [-0.2, -0.15) is 0 Å². The fraction of sp³-hybridized carbons (Fsp3) is 0.947. The summed E-state index contributed by atoms with van der Waals surface area (Å²) in [5, 5.41) is 6.78. The first-order valence-electron chi connectivity index (χ1n) is 10.3. The largest absolute Gasteiger partial charge is 0.385 e. The lowest BCUT2D eigenvalue weighted by Gasteiger charge is -2.32. The van der Waals surface area contributed by atoms with Crippen LogP contribution in [0.4, 0.5) is 0 Å². The topological polar surface area (TPSA) is 55.4 Å². The summed E-state index contributed by atoms with van der Waals surface area (Å²) in [6, 6.07) is 0. The molecule has 0 aromatic rings. The minimum absolute atomic E-state index is 0.829. The summed E-state index contributed by atoms with van der Waals surface area (Å²) in [5.41, 5.74) is 0. The Morgan fingerprint density at radius 2 is 1.85 bits per heavy atom. The zero-order valence-electron chi connectivity index (χ0n) is 17.6. The van der Waals surface area contributed by atoms with Crippen LogP contribution >= 0.6 is 0 Å². The van der Waals surface area contributed by atoms with Gasteiger partial charge in [0.25, 0.3) is 0 Å². The van der Waals surface area contributed by atoms with Crippen molar-refractivity contribution in [3.8, 4) is 0 Å². The molecule has 1 fully saturated rings. The minimum Gasteiger partial charge on any atom is -0.385 e. The van der Waals surface area contributed by atoms with Crippen LogP contribution in [-0.4, -0.2) is 114 Å². The van der Waals surface area contributed by atoms with Crippen LogP contribution in [0, 0.1) is 0 Å². The van der Waals surface area contributed by atoms with Gasteiger partial charge in [0.1, 0.15) is 0 Å². The molecule has 0 bridgehead atoms. The number of nitrogens with zero attached hydrogens (tertiary/aromatic N) is 4. The average molecular weight is 371 g/mol. The number of nitrogens with one attached hydrogen (secondary N) is 2. The first kappa shape index (κ1) is 23.1. The van der Waals surface area contributed by atoms with Gasteiger partial charge in [-0.05, 0) is 46.8 Å². The molecule has 1 aliphatic rings. The third-order valence-corrected chi connectivity index (χ3v) is 4.77. The number of methoxy groups -OCH3 is 1. The lowest BCUT2D eigenvalue weighted by molar-refractivity contribution is 0.152. The number of hydrogen-bond acceptors (Lipinski definition) is 5. The maximum Gasteiger partial charge on any atom is 0.191 e. The Bertz CT molecular complexity index is 358. The van der Waals surface area contributed by atoms with Crippen LogP contribution in [0.1, 0.15) is 26.2 Å². The van der Waals surface area contributed by atoms with E-state index in [0.717, 1.165) is 58.1 Å². The molecule has 7 heteroatoms. The Hall–Kier alpha value is -0.890. The molecular weight excluding hydrogens is 328 g/mol. The van der Waals surface area contributed by atoms with Gasteiger partial charge in [-0.15, -0.1) is 0 Å². The van der Waals surface area contributed by atoms with Crippen LogP contribution in [0.3, 0.4) is 0 Å². The Balaban J connectivity index is 2.11. The monoisotopic (exact) mass is 370 g/mol. The van der Waals surface area contributed by atoms with Crippen molar-refractivity contribution in [3.05, 3.63) is 0 Å². The highest BCUT2D eigenvalue weighted by Crippen LogP contribution is 2.01. The highest BCUT2D eigenvalue weighted by Gasteiger charge is 2.12. The van der Waals surface area contributed by atoms with Crippen LogP contribution in [0.25, 0.3) is 0 Å². The summed E-state index contributed by atoms with van der Waals surface area (Å²) in [6.07, 6.45) is 3.46. The number of unbranched alkanes of at least 4 members (excludes halogenated alkanes) is 1. The van der Waals surface area contributed by atoms with E-state index in [1.54, 1.807) is 7.11 Å². The third-order valence-electron chi connectivity index (χ3n) is 4.77. The van der Waals surface area contributed by atoms with Crippen LogP contribution < -0.4 is 10.6 Å². The van der Waals surface area contributed by atoms with E-state index in [1.807, 2.05) is 0 Å². The van der Waals surface area contributed by atoms with Crippen LogP contribution in [-0.2, 0) is 4.74 Å². The van der Waals surface area contributed by atoms with E-state index in [9.17, 15) is 0 Å². The number of likely N-dealkylation sites (N-methyl/N-ethyl adjacent to an activating group) is 2. The molecule has 7 nitrogen and oxygen atoms in total. The lowest BCUT2D eigenvalue weighted by atomic mass is 10.2. The summed E-state index contributed by atoms with van der Waals surface area (Å²) >= 11 is 0. The van der Waals surface area contributed by atoms with Crippen molar-refractivity contribution in [2.24, 2.45) is 4.99 Å². The first-order valence-corrected chi connectivity index (χ1v) is 10.3. The minimum atomic E-state index is 0.829. The van der Waals surface area contributed by atoms with Crippen LogP contribution in [0.5, 0.6) is 0 Å². The molecule has 0 atom stereocenters. The molecule has 1 saturated heterocycles. The highest BCUT2D eigenvalue weighted by molar-refractivity contribution is 5.79. The van der Waals surface area contributed by atoms with Crippen molar-refractivity contribution in [1.29, 1.82) is 0 Å². The molecule has 2 N–H and O–H groups in total. The number of ether oxygens (including phenoxy) is 1. The SMILES string of the molecule is CCNC(=NCCCCN1CCN(C)CC1)NCCN(C)CCCOC. The summed E-state index contributed by atoms with van der Waals surface area (Å²) in [7, 11) is 6.12. The Morgan fingerprint density at radius 1 is 1.08 bits per heavy atom. The first-order chi connectivity index (χ1) is 12.7. The van der Waals surface area contributed by atoms with Crippen molar-refractivity contribution in [2.75, 3.05) is 93.3 Å². The van der Waals surface area contributed by atoms with E-state index in [2.05, 4.69) is 46.4 Å². The van der Waals surface area contributed by atoms with Crippen molar-refractivity contribution in [3.63, 3.8) is 0 Å². The molecule has 1 aliphatic heterocycles. The normalized spacial score (nSPS) is 17.0. The molecule has 1 rings (SSSR count). The fourth-order valence-electron chi connectivity index (χ4n) is 3.01. The zero-order chi connectivity index (χ0) is 19.0. The van der Waals surface area contributed by atoms with E-state index >= 15 is 0 Å². The van der Waals surface area contributed by atoms with Gasteiger partial charge in [0, 0.05) is 72.6 Å². The fourth-order valence-corrected chi connectivity index (χ4v) is 3.01. The molecule has 0 spiro atoms. The standard InChI is InChI=1S/C19H42N6O/c1-5-20-19(22-10-13-23(2)11-8-18-26-4)21-9-6-7-12-25-16-14-24(3)15-17-25/h5-18H2,1-4H3,(H2,20,21,22).